The molecule has 2 aromatic carbocycles. The van der Waals surface area contributed by atoms with Gasteiger partial charge in [-0.1, -0.05) is 22.0 Å². The van der Waals surface area contributed by atoms with Crippen molar-refractivity contribution >= 4 is 39.0 Å². The Bertz CT molecular complexity index is 868. The molecular formula is C18H13BrFN3O. The molecule has 1 amide bonds. The number of rotatable bonds is 4. The monoisotopic (exact) mass is 385 g/mol. The van der Waals surface area contributed by atoms with Gasteiger partial charge in [0.1, 0.15) is 11.6 Å². The zero-order chi connectivity index (χ0) is 16.9. The van der Waals surface area contributed by atoms with E-state index in [1.54, 1.807) is 18.3 Å². The first kappa shape index (κ1) is 16.1. The first-order valence-electron chi connectivity index (χ1n) is 7.16. The Balaban J connectivity index is 1.74. The number of benzene rings is 2. The van der Waals surface area contributed by atoms with E-state index in [0.717, 1.165) is 10.2 Å². The van der Waals surface area contributed by atoms with E-state index in [1.165, 1.54) is 24.3 Å². The highest BCUT2D eigenvalue weighted by atomic mass is 79.9. The minimum atomic E-state index is -0.350. The summed E-state index contributed by atoms with van der Waals surface area (Å²) in [5.74, 6) is -0.0847. The third-order valence-corrected chi connectivity index (χ3v) is 3.71. The molecule has 0 spiro atoms. The van der Waals surface area contributed by atoms with Crippen molar-refractivity contribution in [3.05, 3.63) is 82.7 Å². The van der Waals surface area contributed by atoms with Crippen molar-refractivity contribution in [1.29, 1.82) is 0 Å². The summed E-state index contributed by atoms with van der Waals surface area (Å²) in [6.45, 7) is 0. The fraction of sp³-hybridized carbons (Fsp3) is 0. The van der Waals surface area contributed by atoms with Crippen molar-refractivity contribution in [2.45, 2.75) is 0 Å². The summed E-state index contributed by atoms with van der Waals surface area (Å²) in [4.78, 5) is 16.5. The lowest BCUT2D eigenvalue weighted by atomic mass is 10.2. The molecule has 4 nitrogen and oxygen atoms in total. The number of carbonyl (C=O) groups is 1. The van der Waals surface area contributed by atoms with Crippen LogP contribution in [0.1, 0.15) is 10.4 Å². The SMILES string of the molecule is O=C(Nc1ccc(F)cc1)c1ccnc(Nc2cccc(Br)c2)c1. The summed E-state index contributed by atoms with van der Waals surface area (Å²) in [7, 11) is 0. The summed E-state index contributed by atoms with van der Waals surface area (Å²) in [5, 5.41) is 5.86. The molecule has 0 saturated carbocycles. The quantitative estimate of drug-likeness (QED) is 0.665. The summed E-state index contributed by atoms with van der Waals surface area (Å²) in [5.41, 5.74) is 1.83. The highest BCUT2D eigenvalue weighted by Gasteiger charge is 2.08. The van der Waals surface area contributed by atoms with Gasteiger partial charge in [0, 0.05) is 27.6 Å². The van der Waals surface area contributed by atoms with E-state index in [0.29, 0.717) is 17.1 Å². The van der Waals surface area contributed by atoms with Gasteiger partial charge in [-0.15, -0.1) is 0 Å². The van der Waals surface area contributed by atoms with Gasteiger partial charge in [0.25, 0.3) is 5.91 Å². The molecule has 0 radical (unpaired) electrons. The molecular weight excluding hydrogens is 373 g/mol. The predicted molar refractivity (Wildman–Crippen MR) is 96.0 cm³/mol. The molecule has 0 unspecified atom stereocenters. The third-order valence-electron chi connectivity index (χ3n) is 3.22. The summed E-state index contributed by atoms with van der Waals surface area (Å²) >= 11 is 3.40. The van der Waals surface area contributed by atoms with E-state index in [4.69, 9.17) is 0 Å². The van der Waals surface area contributed by atoms with Crippen molar-refractivity contribution in [3.8, 4) is 0 Å². The van der Waals surface area contributed by atoms with Gasteiger partial charge < -0.3 is 10.6 Å². The Morgan fingerprint density at radius 3 is 2.54 bits per heavy atom. The smallest absolute Gasteiger partial charge is 0.255 e. The minimum absolute atomic E-state index is 0.290. The van der Waals surface area contributed by atoms with Crippen LogP contribution in [0.2, 0.25) is 0 Å². The van der Waals surface area contributed by atoms with Crippen LogP contribution in [-0.2, 0) is 0 Å². The van der Waals surface area contributed by atoms with Crippen LogP contribution < -0.4 is 10.6 Å². The van der Waals surface area contributed by atoms with Crippen LogP contribution in [0.3, 0.4) is 0 Å². The van der Waals surface area contributed by atoms with Crippen molar-refractivity contribution in [3.63, 3.8) is 0 Å². The maximum absolute atomic E-state index is 12.9. The van der Waals surface area contributed by atoms with Crippen molar-refractivity contribution in [2.24, 2.45) is 0 Å². The van der Waals surface area contributed by atoms with Crippen LogP contribution in [0.25, 0.3) is 0 Å². The first-order valence-corrected chi connectivity index (χ1v) is 7.95. The van der Waals surface area contributed by atoms with E-state index in [1.807, 2.05) is 24.3 Å². The molecule has 0 atom stereocenters. The van der Waals surface area contributed by atoms with Crippen molar-refractivity contribution < 1.29 is 9.18 Å². The zero-order valence-electron chi connectivity index (χ0n) is 12.5. The van der Waals surface area contributed by atoms with Gasteiger partial charge in [-0.3, -0.25) is 4.79 Å². The number of aromatic nitrogens is 1. The number of hydrogen-bond donors (Lipinski definition) is 2. The molecule has 0 saturated heterocycles. The second-order valence-electron chi connectivity index (χ2n) is 5.03. The Morgan fingerprint density at radius 2 is 1.79 bits per heavy atom. The zero-order valence-corrected chi connectivity index (χ0v) is 14.0. The van der Waals surface area contributed by atoms with Crippen LogP contribution in [0.4, 0.5) is 21.6 Å². The van der Waals surface area contributed by atoms with Crippen LogP contribution in [0.5, 0.6) is 0 Å². The number of amides is 1. The van der Waals surface area contributed by atoms with E-state index < -0.39 is 0 Å². The summed E-state index contributed by atoms with van der Waals surface area (Å²) in [6, 6.07) is 16.5. The van der Waals surface area contributed by atoms with Gasteiger partial charge >= 0.3 is 0 Å². The Labute approximate surface area is 146 Å². The van der Waals surface area contributed by atoms with Gasteiger partial charge in [0.05, 0.1) is 0 Å². The van der Waals surface area contributed by atoms with Gasteiger partial charge in [0.2, 0.25) is 0 Å². The first-order chi connectivity index (χ1) is 11.6. The maximum atomic E-state index is 12.9. The van der Waals surface area contributed by atoms with Gasteiger partial charge in [-0.05, 0) is 54.6 Å². The molecule has 0 fully saturated rings. The lowest BCUT2D eigenvalue weighted by molar-refractivity contribution is 0.102. The lowest BCUT2D eigenvalue weighted by Gasteiger charge is -2.09. The molecule has 0 aliphatic heterocycles. The average molecular weight is 386 g/mol. The molecule has 0 aliphatic carbocycles. The highest BCUT2D eigenvalue weighted by molar-refractivity contribution is 9.10. The number of nitrogens with one attached hydrogen (secondary N) is 2. The Morgan fingerprint density at radius 1 is 1.00 bits per heavy atom. The molecule has 3 aromatic rings. The molecule has 0 bridgehead atoms. The standard InChI is InChI=1S/C18H13BrFN3O/c19-13-2-1-3-16(11-13)22-17-10-12(8-9-21-17)18(24)23-15-6-4-14(20)5-7-15/h1-11H,(H,21,22)(H,23,24). The number of hydrogen-bond acceptors (Lipinski definition) is 3. The fourth-order valence-electron chi connectivity index (χ4n) is 2.09. The van der Waals surface area contributed by atoms with Crippen LogP contribution in [0.15, 0.2) is 71.3 Å². The van der Waals surface area contributed by atoms with Crippen molar-refractivity contribution in [2.75, 3.05) is 10.6 Å². The average Bonchev–Trinajstić information content (AvgIpc) is 2.57. The number of halogens is 2. The molecule has 6 heteroatoms. The second kappa shape index (κ2) is 7.23. The number of nitrogens with zero attached hydrogens (tertiary/aromatic N) is 1. The molecule has 120 valence electrons. The van der Waals surface area contributed by atoms with E-state index in [2.05, 4.69) is 31.5 Å². The molecule has 1 heterocycles. The van der Waals surface area contributed by atoms with Crippen LogP contribution in [-0.4, -0.2) is 10.9 Å². The van der Waals surface area contributed by atoms with Crippen molar-refractivity contribution in [1.82, 2.24) is 4.98 Å². The Hall–Kier alpha value is -2.73. The normalized spacial score (nSPS) is 10.2. The minimum Gasteiger partial charge on any atom is -0.340 e. The number of anilines is 3. The second-order valence-corrected chi connectivity index (χ2v) is 5.94. The van der Waals surface area contributed by atoms with Gasteiger partial charge in [-0.25, -0.2) is 9.37 Å². The molecule has 24 heavy (non-hydrogen) atoms. The molecule has 1 aromatic heterocycles. The Kier molecular flexibility index (Phi) is 4.86. The van der Waals surface area contributed by atoms with Gasteiger partial charge in [-0.2, -0.15) is 0 Å². The summed E-state index contributed by atoms with van der Waals surface area (Å²) in [6.07, 6.45) is 1.56. The third kappa shape index (κ3) is 4.17. The summed E-state index contributed by atoms with van der Waals surface area (Å²) < 4.78 is 13.8. The van der Waals surface area contributed by atoms with Gasteiger partial charge in [0.15, 0.2) is 0 Å². The van der Waals surface area contributed by atoms with E-state index in [9.17, 15) is 9.18 Å². The van der Waals surface area contributed by atoms with Crippen LogP contribution in [0, 0.1) is 5.82 Å². The predicted octanol–water partition coefficient (Wildman–Crippen LogP) is 4.98. The highest BCUT2D eigenvalue weighted by Crippen LogP contribution is 2.20. The van der Waals surface area contributed by atoms with E-state index in [-0.39, 0.29) is 11.7 Å². The van der Waals surface area contributed by atoms with E-state index >= 15 is 0 Å². The molecule has 3 rings (SSSR count). The number of pyridine rings is 1. The number of carbonyl (C=O) groups excluding carboxylic acids is 1. The fourth-order valence-corrected chi connectivity index (χ4v) is 2.49. The molecule has 0 aliphatic rings. The molecule has 2 N–H and O–H groups in total. The topological polar surface area (TPSA) is 54.0 Å². The van der Waals surface area contributed by atoms with Crippen LogP contribution >= 0.6 is 15.9 Å². The maximum Gasteiger partial charge on any atom is 0.255 e. The largest absolute Gasteiger partial charge is 0.340 e. The lowest BCUT2D eigenvalue weighted by Crippen LogP contribution is -2.12.